The van der Waals surface area contributed by atoms with Crippen LogP contribution in [0.1, 0.15) is 32.2 Å². The van der Waals surface area contributed by atoms with Gasteiger partial charge in [0.1, 0.15) is 11.2 Å². The highest BCUT2D eigenvalue weighted by molar-refractivity contribution is 5.78. The van der Waals surface area contributed by atoms with E-state index in [2.05, 4.69) is 9.98 Å². The Morgan fingerprint density at radius 3 is 2.24 bits per heavy atom. The lowest BCUT2D eigenvalue weighted by Gasteiger charge is -2.21. The van der Waals surface area contributed by atoms with Gasteiger partial charge in [0.15, 0.2) is 0 Å². The van der Waals surface area contributed by atoms with E-state index < -0.39 is 5.97 Å². The van der Waals surface area contributed by atoms with Crippen molar-refractivity contribution < 1.29 is 15.3 Å². The Labute approximate surface area is 123 Å². The highest BCUT2D eigenvalue weighted by Gasteiger charge is 2.26. The minimum absolute atomic E-state index is 0.0887. The topological polar surface area (TPSA) is 90.9 Å². The molecule has 0 aliphatic carbocycles. The highest BCUT2D eigenvalue weighted by atomic mass is 16.7. The normalized spacial score (nSPS) is 14.0. The summed E-state index contributed by atoms with van der Waals surface area (Å²) in [7, 11) is 3.20. The smallest absolute Gasteiger partial charge is 0.320 e. The van der Waals surface area contributed by atoms with Gasteiger partial charge in [-0.25, -0.2) is 0 Å². The zero-order valence-corrected chi connectivity index (χ0v) is 12.9. The van der Waals surface area contributed by atoms with Gasteiger partial charge >= 0.3 is 5.97 Å². The fourth-order valence-corrected chi connectivity index (χ4v) is 2.31. The molecule has 0 aliphatic heterocycles. The van der Waals surface area contributed by atoms with E-state index in [-0.39, 0.29) is 11.1 Å². The number of fused-ring (bicyclic) bond motifs is 1. The first kappa shape index (κ1) is 15.6. The van der Waals surface area contributed by atoms with E-state index in [4.69, 9.17) is 0 Å². The number of hydrogen-bond acceptors (Lipinski definition) is 5. The highest BCUT2D eigenvalue weighted by Crippen LogP contribution is 2.23. The van der Waals surface area contributed by atoms with E-state index in [1.807, 2.05) is 32.9 Å². The van der Waals surface area contributed by atoms with Gasteiger partial charge in [0.25, 0.3) is 0 Å². The summed E-state index contributed by atoms with van der Waals surface area (Å²) in [6, 6.07) is 5.29. The zero-order chi connectivity index (χ0) is 16.0. The van der Waals surface area contributed by atoms with Crippen LogP contribution < -0.4 is 5.49 Å². The maximum atomic E-state index is 9.50. The van der Waals surface area contributed by atoms with Crippen molar-refractivity contribution in [2.24, 2.45) is 12.0 Å². The summed E-state index contributed by atoms with van der Waals surface area (Å²) in [5, 5.41) is 29.3. The minimum atomic E-state index is -2.94. The van der Waals surface area contributed by atoms with Crippen molar-refractivity contribution in [1.29, 1.82) is 0 Å². The maximum absolute atomic E-state index is 9.50. The van der Waals surface area contributed by atoms with Crippen LogP contribution in [0.2, 0.25) is 0 Å². The molecular formula is C15H21N3O3. The minimum Gasteiger partial charge on any atom is -0.339 e. The molecule has 6 heteroatoms. The largest absolute Gasteiger partial charge is 0.339 e. The number of pyridine rings is 2. The van der Waals surface area contributed by atoms with Crippen molar-refractivity contribution in [2.75, 3.05) is 7.05 Å². The number of rotatable bonds is 1. The Kier molecular flexibility index (Phi) is 3.65. The zero-order valence-electron chi connectivity index (χ0n) is 12.9. The molecular weight excluding hydrogens is 270 g/mol. The first-order valence-electron chi connectivity index (χ1n) is 6.67. The third-order valence-corrected chi connectivity index (χ3v) is 3.44. The molecule has 0 aliphatic rings. The van der Waals surface area contributed by atoms with E-state index in [1.54, 1.807) is 14.1 Å². The van der Waals surface area contributed by atoms with Crippen LogP contribution in [0.4, 0.5) is 0 Å². The molecule has 3 N–H and O–H groups in total. The summed E-state index contributed by atoms with van der Waals surface area (Å²) in [4.78, 5) is 8.72. The van der Waals surface area contributed by atoms with E-state index in [0.29, 0.717) is 11.0 Å². The van der Waals surface area contributed by atoms with Gasteiger partial charge in [-0.3, -0.25) is 9.98 Å². The average molecular weight is 291 g/mol. The van der Waals surface area contributed by atoms with Gasteiger partial charge in [-0.2, -0.15) is 0 Å². The standard InChI is InChI=1S/C15H21N3O3/c1-14(2,3)11-7-6-9-10(17-11)8-12(15(19,20)21)18(5)13(9)16-4/h6-8,19-21H,1-5H3. The first-order valence-corrected chi connectivity index (χ1v) is 6.67. The fourth-order valence-electron chi connectivity index (χ4n) is 2.31. The second-order valence-corrected chi connectivity index (χ2v) is 6.15. The summed E-state index contributed by atoms with van der Waals surface area (Å²) in [6.45, 7) is 6.14. The Morgan fingerprint density at radius 2 is 1.76 bits per heavy atom. The van der Waals surface area contributed by atoms with Gasteiger partial charge in [-0.1, -0.05) is 20.8 Å². The lowest BCUT2D eigenvalue weighted by Crippen LogP contribution is -2.34. The third-order valence-electron chi connectivity index (χ3n) is 3.44. The SMILES string of the molecule is CN=c1c2ccc(C(C)(C)C)nc2cc(C(O)(O)O)n1C. The molecule has 0 bridgehead atoms. The number of hydrogen-bond donors (Lipinski definition) is 3. The molecule has 0 radical (unpaired) electrons. The molecule has 21 heavy (non-hydrogen) atoms. The number of aliphatic hydroxyl groups is 3. The molecule has 2 aromatic heterocycles. The van der Waals surface area contributed by atoms with E-state index in [0.717, 1.165) is 11.1 Å². The van der Waals surface area contributed by atoms with Crippen molar-refractivity contribution in [2.45, 2.75) is 32.2 Å². The molecule has 2 heterocycles. The molecule has 114 valence electrons. The lowest BCUT2D eigenvalue weighted by molar-refractivity contribution is -0.327. The van der Waals surface area contributed by atoms with Crippen LogP contribution in [-0.2, 0) is 18.4 Å². The molecule has 0 saturated heterocycles. The van der Waals surface area contributed by atoms with Crippen LogP contribution in [0, 0.1) is 0 Å². The second-order valence-electron chi connectivity index (χ2n) is 6.15. The second kappa shape index (κ2) is 4.91. The molecule has 2 aromatic rings. The molecule has 2 rings (SSSR count). The molecule has 0 unspecified atom stereocenters. The molecule has 0 aromatic carbocycles. The van der Waals surface area contributed by atoms with Crippen molar-refractivity contribution in [1.82, 2.24) is 9.55 Å². The van der Waals surface area contributed by atoms with Crippen LogP contribution in [0.15, 0.2) is 23.2 Å². The monoisotopic (exact) mass is 291 g/mol. The molecule has 6 nitrogen and oxygen atoms in total. The van der Waals surface area contributed by atoms with Gasteiger partial charge in [0.05, 0.1) is 5.52 Å². The van der Waals surface area contributed by atoms with Gasteiger partial charge in [-0.05, 0) is 18.2 Å². The van der Waals surface area contributed by atoms with E-state index in [9.17, 15) is 15.3 Å². The van der Waals surface area contributed by atoms with E-state index in [1.165, 1.54) is 10.6 Å². The third kappa shape index (κ3) is 2.83. The summed E-state index contributed by atoms with van der Waals surface area (Å²) in [5.41, 5.74) is 1.71. The number of aromatic nitrogens is 2. The van der Waals surface area contributed by atoms with Crippen molar-refractivity contribution in [3.63, 3.8) is 0 Å². The first-order chi connectivity index (χ1) is 9.55. The van der Waals surface area contributed by atoms with E-state index >= 15 is 0 Å². The van der Waals surface area contributed by atoms with Gasteiger partial charge in [0.2, 0.25) is 0 Å². The summed E-state index contributed by atoms with van der Waals surface area (Å²) >= 11 is 0. The Balaban J connectivity index is 2.90. The summed E-state index contributed by atoms with van der Waals surface area (Å²) in [6.07, 6.45) is 0. The molecule has 0 atom stereocenters. The van der Waals surface area contributed by atoms with Gasteiger partial charge < -0.3 is 19.9 Å². The predicted molar refractivity (Wildman–Crippen MR) is 79.2 cm³/mol. The maximum Gasteiger partial charge on any atom is 0.320 e. The lowest BCUT2D eigenvalue weighted by atomic mass is 9.91. The fraction of sp³-hybridized carbons (Fsp3) is 0.467. The van der Waals surface area contributed by atoms with Crippen molar-refractivity contribution in [3.05, 3.63) is 35.1 Å². The van der Waals surface area contributed by atoms with Crippen LogP contribution in [0.25, 0.3) is 10.9 Å². The molecule has 0 fully saturated rings. The molecule has 0 spiro atoms. The molecule has 0 saturated carbocycles. The van der Waals surface area contributed by atoms with Crippen molar-refractivity contribution >= 4 is 10.9 Å². The Hall–Kier alpha value is -1.76. The summed E-state index contributed by atoms with van der Waals surface area (Å²) < 4.78 is 1.43. The number of nitrogens with zero attached hydrogens (tertiary/aromatic N) is 3. The van der Waals surface area contributed by atoms with Crippen LogP contribution in [0.5, 0.6) is 0 Å². The Bertz CT molecular complexity index is 750. The molecule has 0 amide bonds. The average Bonchev–Trinajstić information content (AvgIpc) is 2.35. The van der Waals surface area contributed by atoms with Crippen LogP contribution in [-0.4, -0.2) is 31.9 Å². The Morgan fingerprint density at radius 1 is 1.14 bits per heavy atom. The summed E-state index contributed by atoms with van der Waals surface area (Å²) in [5.74, 6) is -2.94. The quantitative estimate of drug-likeness (QED) is 0.667. The van der Waals surface area contributed by atoms with Gasteiger partial charge in [0, 0.05) is 30.6 Å². The predicted octanol–water partition coefficient (Wildman–Crippen LogP) is 0.489. The van der Waals surface area contributed by atoms with Crippen molar-refractivity contribution in [3.8, 4) is 0 Å². The van der Waals surface area contributed by atoms with Gasteiger partial charge in [-0.15, -0.1) is 0 Å². The van der Waals surface area contributed by atoms with Crippen LogP contribution in [0.3, 0.4) is 0 Å². The van der Waals surface area contributed by atoms with Crippen LogP contribution >= 0.6 is 0 Å².